The Kier molecular flexibility index (Phi) is 5.30. The number of hydrogen-bond acceptors (Lipinski definition) is 3. The maximum Gasteiger partial charge on any atom is 0.265 e. The number of fused-ring (bicyclic) bond motifs is 1. The van der Waals surface area contributed by atoms with Crippen molar-refractivity contribution in [2.75, 3.05) is 31.1 Å². The van der Waals surface area contributed by atoms with E-state index in [1.807, 2.05) is 30.0 Å². The third kappa shape index (κ3) is 4.14. The molecule has 0 spiro atoms. The Morgan fingerprint density at radius 2 is 1.96 bits per heavy atom. The number of piperidine rings is 1. The van der Waals surface area contributed by atoms with Crippen LogP contribution in [0.15, 0.2) is 18.2 Å². The quantitative estimate of drug-likeness (QED) is 0.844. The number of hydrogen-bond donors (Lipinski definition) is 0. The molecule has 136 valence electrons. The maximum atomic E-state index is 12.5. The minimum atomic E-state index is -0.0363. The predicted octanol–water partition coefficient (Wildman–Crippen LogP) is 3.01. The van der Waals surface area contributed by atoms with E-state index in [-0.39, 0.29) is 18.4 Å². The van der Waals surface area contributed by atoms with Crippen LogP contribution in [-0.4, -0.2) is 43.0 Å². The standard InChI is InChI=1S/C20H28N2O3/c1-14-6-7-18-17(10-14)22(20(24)13-25-18)8-4-5-19(23)21-11-15(2)9-16(3)12-21/h6-7,10,15-16H,4-5,8-9,11-13H2,1-3H3. The summed E-state index contributed by atoms with van der Waals surface area (Å²) in [6.45, 7) is 8.78. The van der Waals surface area contributed by atoms with Gasteiger partial charge in [0, 0.05) is 26.1 Å². The molecule has 3 rings (SSSR count). The van der Waals surface area contributed by atoms with Crippen molar-refractivity contribution >= 4 is 17.5 Å². The number of nitrogens with zero attached hydrogens (tertiary/aromatic N) is 2. The van der Waals surface area contributed by atoms with Crippen molar-refractivity contribution in [2.45, 2.75) is 40.0 Å². The first kappa shape index (κ1) is 17.8. The first-order valence-electron chi connectivity index (χ1n) is 9.25. The van der Waals surface area contributed by atoms with E-state index >= 15 is 0 Å². The van der Waals surface area contributed by atoms with Crippen molar-refractivity contribution in [1.29, 1.82) is 0 Å². The lowest BCUT2D eigenvalue weighted by atomic mass is 9.91. The third-order valence-corrected chi connectivity index (χ3v) is 5.05. The van der Waals surface area contributed by atoms with E-state index in [0.29, 0.717) is 31.2 Å². The van der Waals surface area contributed by atoms with E-state index < -0.39 is 0 Å². The molecule has 1 aromatic carbocycles. The van der Waals surface area contributed by atoms with Gasteiger partial charge in [-0.25, -0.2) is 0 Å². The van der Waals surface area contributed by atoms with E-state index in [1.54, 1.807) is 4.90 Å². The number of amides is 2. The first-order chi connectivity index (χ1) is 11.9. The number of rotatable bonds is 4. The van der Waals surface area contributed by atoms with Crippen molar-refractivity contribution in [3.63, 3.8) is 0 Å². The highest BCUT2D eigenvalue weighted by molar-refractivity contribution is 5.98. The van der Waals surface area contributed by atoms with Crippen LogP contribution >= 0.6 is 0 Å². The average molecular weight is 344 g/mol. The van der Waals surface area contributed by atoms with Gasteiger partial charge in [0.25, 0.3) is 5.91 Å². The minimum Gasteiger partial charge on any atom is -0.482 e. The summed E-state index contributed by atoms with van der Waals surface area (Å²) in [4.78, 5) is 28.5. The molecule has 2 aliphatic rings. The fourth-order valence-electron chi connectivity index (χ4n) is 3.97. The van der Waals surface area contributed by atoms with Crippen LogP contribution in [0.4, 0.5) is 5.69 Å². The van der Waals surface area contributed by atoms with E-state index in [4.69, 9.17) is 4.74 Å². The second-order valence-corrected chi connectivity index (χ2v) is 7.65. The van der Waals surface area contributed by atoms with Crippen LogP contribution in [0.25, 0.3) is 0 Å². The van der Waals surface area contributed by atoms with Crippen molar-refractivity contribution in [3.8, 4) is 5.75 Å². The summed E-state index contributed by atoms with van der Waals surface area (Å²) < 4.78 is 5.50. The van der Waals surface area contributed by atoms with Gasteiger partial charge in [0.1, 0.15) is 5.75 Å². The molecule has 0 N–H and O–H groups in total. The number of carbonyl (C=O) groups excluding carboxylic acids is 2. The number of carbonyl (C=O) groups is 2. The molecular formula is C20H28N2O3. The molecule has 2 amide bonds. The number of likely N-dealkylation sites (tertiary alicyclic amines) is 1. The van der Waals surface area contributed by atoms with Gasteiger partial charge < -0.3 is 14.5 Å². The van der Waals surface area contributed by atoms with Crippen molar-refractivity contribution < 1.29 is 14.3 Å². The summed E-state index contributed by atoms with van der Waals surface area (Å²) in [5.41, 5.74) is 1.92. The van der Waals surface area contributed by atoms with Gasteiger partial charge in [-0.1, -0.05) is 19.9 Å². The summed E-state index contributed by atoms with van der Waals surface area (Å²) >= 11 is 0. The first-order valence-corrected chi connectivity index (χ1v) is 9.25. The topological polar surface area (TPSA) is 49.9 Å². The predicted molar refractivity (Wildman–Crippen MR) is 97.8 cm³/mol. The Bertz CT molecular complexity index is 648. The third-order valence-electron chi connectivity index (χ3n) is 5.05. The van der Waals surface area contributed by atoms with Crippen LogP contribution < -0.4 is 9.64 Å². The molecular weight excluding hydrogens is 316 g/mol. The van der Waals surface area contributed by atoms with Crippen LogP contribution in [0.3, 0.4) is 0 Å². The van der Waals surface area contributed by atoms with E-state index in [9.17, 15) is 9.59 Å². The van der Waals surface area contributed by atoms with Gasteiger partial charge in [0.15, 0.2) is 6.61 Å². The number of aryl methyl sites for hydroxylation is 1. The van der Waals surface area contributed by atoms with Gasteiger partial charge in [-0.2, -0.15) is 0 Å². The Labute approximate surface area is 149 Å². The normalized spacial score (nSPS) is 23.2. The molecule has 0 radical (unpaired) electrons. The largest absolute Gasteiger partial charge is 0.482 e. The molecule has 5 nitrogen and oxygen atoms in total. The summed E-state index contributed by atoms with van der Waals surface area (Å²) in [5, 5.41) is 0. The van der Waals surface area contributed by atoms with Crippen molar-refractivity contribution in [3.05, 3.63) is 23.8 Å². The van der Waals surface area contributed by atoms with Crippen molar-refractivity contribution in [1.82, 2.24) is 4.90 Å². The van der Waals surface area contributed by atoms with Gasteiger partial charge in [0.05, 0.1) is 5.69 Å². The monoisotopic (exact) mass is 344 g/mol. The summed E-state index contributed by atoms with van der Waals surface area (Å²) in [6, 6.07) is 5.86. The van der Waals surface area contributed by atoms with Gasteiger partial charge in [-0.05, 0) is 49.3 Å². The summed E-state index contributed by atoms with van der Waals surface area (Å²) in [5.74, 6) is 2.07. The molecule has 1 saturated heterocycles. The van der Waals surface area contributed by atoms with Crippen LogP contribution in [-0.2, 0) is 9.59 Å². The van der Waals surface area contributed by atoms with Gasteiger partial charge >= 0.3 is 0 Å². The maximum absolute atomic E-state index is 12.5. The second-order valence-electron chi connectivity index (χ2n) is 7.65. The molecule has 1 aromatic rings. The fraction of sp³-hybridized carbons (Fsp3) is 0.600. The Morgan fingerprint density at radius 3 is 2.68 bits per heavy atom. The smallest absolute Gasteiger partial charge is 0.265 e. The van der Waals surface area contributed by atoms with Crippen LogP contribution in [0.1, 0.15) is 38.7 Å². The Morgan fingerprint density at radius 1 is 1.24 bits per heavy atom. The lowest BCUT2D eigenvalue weighted by molar-refractivity contribution is -0.134. The molecule has 5 heteroatoms. The zero-order chi connectivity index (χ0) is 18.0. The van der Waals surface area contributed by atoms with Crippen LogP contribution in [0, 0.1) is 18.8 Å². The highest BCUT2D eigenvalue weighted by Gasteiger charge is 2.27. The SMILES string of the molecule is Cc1ccc2c(c1)N(CCCC(=O)N1CC(C)CC(C)C1)C(=O)CO2. The lowest BCUT2D eigenvalue weighted by Crippen LogP contribution is -2.43. The Balaban J connectivity index is 1.58. The molecule has 2 atom stereocenters. The Hall–Kier alpha value is -2.04. The summed E-state index contributed by atoms with van der Waals surface area (Å²) in [7, 11) is 0. The zero-order valence-electron chi connectivity index (χ0n) is 15.5. The number of ether oxygens (including phenoxy) is 1. The molecule has 1 fully saturated rings. The molecule has 25 heavy (non-hydrogen) atoms. The van der Waals surface area contributed by atoms with Crippen LogP contribution in [0.5, 0.6) is 5.75 Å². The highest BCUT2D eigenvalue weighted by Crippen LogP contribution is 2.33. The molecule has 2 heterocycles. The van der Waals surface area contributed by atoms with Crippen molar-refractivity contribution in [2.24, 2.45) is 11.8 Å². The molecule has 0 aromatic heterocycles. The number of anilines is 1. The fourth-order valence-corrected chi connectivity index (χ4v) is 3.97. The minimum absolute atomic E-state index is 0.0363. The van der Waals surface area contributed by atoms with Gasteiger partial charge in [-0.15, -0.1) is 0 Å². The van der Waals surface area contributed by atoms with Crippen LogP contribution in [0.2, 0.25) is 0 Å². The highest BCUT2D eigenvalue weighted by atomic mass is 16.5. The second kappa shape index (κ2) is 7.46. The molecule has 2 aliphatic heterocycles. The molecule has 0 aliphatic carbocycles. The lowest BCUT2D eigenvalue weighted by Gasteiger charge is -2.35. The average Bonchev–Trinajstić information content (AvgIpc) is 2.56. The summed E-state index contributed by atoms with van der Waals surface area (Å²) in [6.07, 6.45) is 2.37. The van der Waals surface area contributed by atoms with Gasteiger partial charge in [0.2, 0.25) is 5.91 Å². The molecule has 2 unspecified atom stereocenters. The molecule has 0 bridgehead atoms. The van der Waals surface area contributed by atoms with E-state index in [2.05, 4.69) is 13.8 Å². The van der Waals surface area contributed by atoms with E-state index in [1.165, 1.54) is 6.42 Å². The number of benzene rings is 1. The molecule has 0 saturated carbocycles. The van der Waals surface area contributed by atoms with Gasteiger partial charge in [-0.3, -0.25) is 9.59 Å². The van der Waals surface area contributed by atoms with E-state index in [0.717, 1.165) is 30.1 Å². The zero-order valence-corrected chi connectivity index (χ0v) is 15.5.